The second-order valence-corrected chi connectivity index (χ2v) is 3.96. The third kappa shape index (κ3) is 1.44. The first-order valence-corrected chi connectivity index (χ1v) is 5.03. The van der Waals surface area contributed by atoms with E-state index in [1.165, 1.54) is 0 Å². The van der Waals surface area contributed by atoms with Crippen LogP contribution in [0.2, 0.25) is 0 Å². The molecule has 2 nitrogen and oxygen atoms in total. The maximum atomic E-state index is 5.95. The highest BCUT2D eigenvalue weighted by atomic mass is 79.9. The molecular weight excluding hydrogens is 242 g/mol. The van der Waals surface area contributed by atoms with Crippen molar-refractivity contribution in [2.45, 2.75) is 0 Å². The fourth-order valence-corrected chi connectivity index (χ4v) is 1.83. The summed E-state index contributed by atoms with van der Waals surface area (Å²) in [7, 11) is 1.62. The van der Waals surface area contributed by atoms with Gasteiger partial charge < -0.3 is 10.5 Å². The van der Waals surface area contributed by atoms with Crippen LogP contribution >= 0.6 is 15.9 Å². The number of ether oxygens (including phenoxy) is 1. The number of halogens is 1. The molecular formula is C11H10BrNO. The van der Waals surface area contributed by atoms with E-state index in [0.717, 1.165) is 21.0 Å². The lowest BCUT2D eigenvalue weighted by atomic mass is 10.1. The van der Waals surface area contributed by atoms with Crippen molar-refractivity contribution in [2.24, 2.45) is 0 Å². The van der Waals surface area contributed by atoms with Crippen LogP contribution in [0.15, 0.2) is 34.8 Å². The van der Waals surface area contributed by atoms with Crippen LogP contribution in [0.4, 0.5) is 5.69 Å². The molecule has 0 fully saturated rings. The fraction of sp³-hybridized carbons (Fsp3) is 0.0909. The third-order valence-electron chi connectivity index (χ3n) is 2.21. The van der Waals surface area contributed by atoms with E-state index in [2.05, 4.69) is 15.9 Å². The van der Waals surface area contributed by atoms with Gasteiger partial charge in [0, 0.05) is 9.86 Å². The van der Waals surface area contributed by atoms with Gasteiger partial charge in [0.25, 0.3) is 0 Å². The van der Waals surface area contributed by atoms with E-state index in [-0.39, 0.29) is 0 Å². The molecule has 3 heteroatoms. The Morgan fingerprint density at radius 1 is 1.21 bits per heavy atom. The number of nitrogens with two attached hydrogens (primary N) is 1. The Morgan fingerprint density at radius 3 is 2.64 bits per heavy atom. The van der Waals surface area contributed by atoms with Gasteiger partial charge in [0.2, 0.25) is 0 Å². The van der Waals surface area contributed by atoms with Crippen LogP contribution in [0, 0.1) is 0 Å². The number of anilines is 1. The van der Waals surface area contributed by atoms with Crippen LogP contribution in [0.25, 0.3) is 10.8 Å². The normalized spacial score (nSPS) is 10.4. The zero-order valence-electron chi connectivity index (χ0n) is 7.75. The summed E-state index contributed by atoms with van der Waals surface area (Å²) >= 11 is 3.42. The van der Waals surface area contributed by atoms with Crippen molar-refractivity contribution in [2.75, 3.05) is 12.8 Å². The predicted octanol–water partition coefficient (Wildman–Crippen LogP) is 3.19. The summed E-state index contributed by atoms with van der Waals surface area (Å²) in [5.41, 5.74) is 6.64. The Labute approximate surface area is 90.8 Å². The van der Waals surface area contributed by atoms with Crippen LogP contribution < -0.4 is 10.5 Å². The van der Waals surface area contributed by atoms with E-state index in [4.69, 9.17) is 10.5 Å². The molecule has 2 aromatic carbocycles. The van der Waals surface area contributed by atoms with Crippen molar-refractivity contribution in [3.8, 4) is 5.75 Å². The number of nitrogen functional groups attached to an aromatic ring is 1. The van der Waals surface area contributed by atoms with Crippen LogP contribution in [-0.2, 0) is 0 Å². The molecule has 0 unspecified atom stereocenters. The van der Waals surface area contributed by atoms with E-state index in [9.17, 15) is 0 Å². The summed E-state index contributed by atoms with van der Waals surface area (Å²) in [4.78, 5) is 0. The van der Waals surface area contributed by atoms with Gasteiger partial charge in [0.1, 0.15) is 5.75 Å². The average Bonchev–Trinajstić information content (AvgIpc) is 2.20. The summed E-state index contributed by atoms with van der Waals surface area (Å²) in [6.45, 7) is 0. The van der Waals surface area contributed by atoms with Gasteiger partial charge in [-0.05, 0) is 23.6 Å². The second-order valence-electron chi connectivity index (χ2n) is 3.05. The first-order chi connectivity index (χ1) is 6.72. The first-order valence-electron chi connectivity index (χ1n) is 4.24. The Bertz CT molecular complexity index is 482. The van der Waals surface area contributed by atoms with Crippen molar-refractivity contribution in [3.63, 3.8) is 0 Å². The lowest BCUT2D eigenvalue weighted by Gasteiger charge is -2.07. The smallest absolute Gasteiger partial charge is 0.142 e. The number of fused-ring (bicyclic) bond motifs is 1. The zero-order valence-corrected chi connectivity index (χ0v) is 9.34. The second kappa shape index (κ2) is 3.50. The molecule has 0 aliphatic carbocycles. The minimum atomic E-state index is 0.686. The van der Waals surface area contributed by atoms with E-state index < -0.39 is 0 Å². The molecule has 0 heterocycles. The average molecular weight is 252 g/mol. The maximum Gasteiger partial charge on any atom is 0.142 e. The minimum Gasteiger partial charge on any atom is -0.495 e. The van der Waals surface area contributed by atoms with Gasteiger partial charge >= 0.3 is 0 Å². The van der Waals surface area contributed by atoms with Gasteiger partial charge in [-0.3, -0.25) is 0 Å². The van der Waals surface area contributed by atoms with E-state index >= 15 is 0 Å². The van der Waals surface area contributed by atoms with Crippen LogP contribution in [0.1, 0.15) is 0 Å². The van der Waals surface area contributed by atoms with Crippen LogP contribution in [0.3, 0.4) is 0 Å². The summed E-state index contributed by atoms with van der Waals surface area (Å²) < 4.78 is 6.17. The Hall–Kier alpha value is -1.22. The lowest BCUT2D eigenvalue weighted by molar-refractivity contribution is 0.417. The molecule has 72 valence electrons. The molecule has 0 radical (unpaired) electrons. The van der Waals surface area contributed by atoms with Crippen molar-refractivity contribution in [1.29, 1.82) is 0 Å². The van der Waals surface area contributed by atoms with Gasteiger partial charge in [-0.25, -0.2) is 0 Å². The largest absolute Gasteiger partial charge is 0.495 e. The quantitative estimate of drug-likeness (QED) is 0.791. The number of hydrogen-bond donors (Lipinski definition) is 1. The van der Waals surface area contributed by atoms with E-state index in [1.54, 1.807) is 7.11 Å². The van der Waals surface area contributed by atoms with Crippen LogP contribution in [0.5, 0.6) is 5.75 Å². The van der Waals surface area contributed by atoms with Crippen molar-refractivity contribution in [1.82, 2.24) is 0 Å². The number of hydrogen-bond acceptors (Lipinski definition) is 2. The highest BCUT2D eigenvalue weighted by Gasteiger charge is 2.04. The summed E-state index contributed by atoms with van der Waals surface area (Å²) in [6.07, 6.45) is 0. The number of rotatable bonds is 1. The molecule has 2 N–H and O–H groups in total. The number of benzene rings is 2. The Morgan fingerprint density at radius 2 is 1.93 bits per heavy atom. The van der Waals surface area contributed by atoms with Gasteiger partial charge in [-0.1, -0.05) is 28.1 Å². The molecule has 0 aromatic heterocycles. The molecule has 0 aliphatic heterocycles. The van der Waals surface area contributed by atoms with Gasteiger partial charge in [0.05, 0.1) is 12.8 Å². The topological polar surface area (TPSA) is 35.2 Å². The molecule has 0 atom stereocenters. The monoisotopic (exact) mass is 251 g/mol. The first kappa shape index (κ1) is 9.34. The molecule has 2 rings (SSSR count). The molecule has 0 bridgehead atoms. The Kier molecular flexibility index (Phi) is 2.33. The van der Waals surface area contributed by atoms with Gasteiger partial charge in [0.15, 0.2) is 0 Å². The SMILES string of the molecule is COc1ccc2ccc(Br)cc2c1N. The highest BCUT2D eigenvalue weighted by Crippen LogP contribution is 2.31. The molecule has 2 aromatic rings. The lowest BCUT2D eigenvalue weighted by Crippen LogP contribution is -1.93. The minimum absolute atomic E-state index is 0.686. The summed E-state index contributed by atoms with van der Waals surface area (Å²) in [6, 6.07) is 9.89. The van der Waals surface area contributed by atoms with E-state index in [0.29, 0.717) is 5.69 Å². The van der Waals surface area contributed by atoms with Crippen molar-refractivity contribution >= 4 is 32.4 Å². The third-order valence-corrected chi connectivity index (χ3v) is 2.70. The molecule has 0 spiro atoms. The maximum absolute atomic E-state index is 5.95. The summed E-state index contributed by atoms with van der Waals surface area (Å²) in [5, 5.41) is 2.13. The molecule has 0 aliphatic rings. The predicted molar refractivity (Wildman–Crippen MR) is 62.6 cm³/mol. The van der Waals surface area contributed by atoms with Crippen molar-refractivity contribution < 1.29 is 4.74 Å². The van der Waals surface area contributed by atoms with Gasteiger partial charge in [-0.2, -0.15) is 0 Å². The molecule has 14 heavy (non-hydrogen) atoms. The van der Waals surface area contributed by atoms with Gasteiger partial charge in [-0.15, -0.1) is 0 Å². The molecule has 0 saturated carbocycles. The molecule has 0 saturated heterocycles. The fourth-order valence-electron chi connectivity index (χ4n) is 1.47. The number of methoxy groups -OCH3 is 1. The van der Waals surface area contributed by atoms with Crippen LogP contribution in [-0.4, -0.2) is 7.11 Å². The van der Waals surface area contributed by atoms with Crippen molar-refractivity contribution in [3.05, 3.63) is 34.8 Å². The summed E-state index contributed by atoms with van der Waals surface area (Å²) in [5.74, 6) is 0.718. The standard InChI is InChI=1S/C11H10BrNO/c1-14-10-5-3-7-2-4-8(12)6-9(7)11(10)13/h2-6H,13H2,1H3. The highest BCUT2D eigenvalue weighted by molar-refractivity contribution is 9.10. The Balaban J connectivity index is 2.79. The zero-order chi connectivity index (χ0) is 10.1. The van der Waals surface area contributed by atoms with E-state index in [1.807, 2.05) is 30.3 Å². The molecule has 0 amide bonds.